The molecular formula is C11H14N2O4S. The van der Waals surface area contributed by atoms with Gasteiger partial charge in [0, 0.05) is 5.38 Å². The third kappa shape index (κ3) is 2.85. The van der Waals surface area contributed by atoms with E-state index in [0.29, 0.717) is 17.4 Å². The average Bonchev–Trinajstić information content (AvgIpc) is 2.85. The molecule has 0 spiro atoms. The van der Waals surface area contributed by atoms with Crippen molar-refractivity contribution in [2.45, 2.75) is 25.9 Å². The van der Waals surface area contributed by atoms with Gasteiger partial charge in [-0.05, 0) is 6.92 Å². The van der Waals surface area contributed by atoms with E-state index in [1.54, 1.807) is 12.3 Å². The Labute approximate surface area is 108 Å². The van der Waals surface area contributed by atoms with Crippen LogP contribution in [0.25, 0.3) is 0 Å². The first-order chi connectivity index (χ1) is 8.60. The van der Waals surface area contributed by atoms with Crippen LogP contribution in [-0.2, 0) is 20.7 Å². The molecule has 0 aliphatic carbocycles. The molecule has 0 radical (unpaired) electrons. The number of thiazole rings is 1. The normalized spacial score (nSPS) is 19.3. The molecule has 6 nitrogen and oxygen atoms in total. The van der Waals surface area contributed by atoms with Crippen LogP contribution >= 0.6 is 11.3 Å². The van der Waals surface area contributed by atoms with E-state index in [-0.39, 0.29) is 31.3 Å². The quantitative estimate of drug-likeness (QED) is 0.798. The molecule has 18 heavy (non-hydrogen) atoms. The number of hydrogen-bond donors (Lipinski definition) is 1. The van der Waals surface area contributed by atoms with E-state index in [1.807, 2.05) is 0 Å². The van der Waals surface area contributed by atoms with Crippen molar-refractivity contribution in [1.82, 2.24) is 4.98 Å². The first kappa shape index (κ1) is 13.0. The summed E-state index contributed by atoms with van der Waals surface area (Å²) in [4.78, 5) is 28.5. The number of esters is 1. The van der Waals surface area contributed by atoms with Gasteiger partial charge in [0.15, 0.2) is 5.13 Å². The predicted molar refractivity (Wildman–Crippen MR) is 65.4 cm³/mol. The smallest absolute Gasteiger partial charge is 0.311 e. The second kappa shape index (κ2) is 5.45. The third-order valence-corrected chi connectivity index (χ3v) is 3.42. The second-order valence-corrected chi connectivity index (χ2v) is 4.80. The second-order valence-electron chi connectivity index (χ2n) is 3.97. The summed E-state index contributed by atoms with van der Waals surface area (Å²) in [7, 11) is 0. The predicted octanol–water partition coefficient (Wildman–Crippen LogP) is 0.346. The standard InChI is InChI=1S/C11H14N2O4S/c1-2-17-10(16)3-7-6-18-11(12-7)13-5-8(14)4-9(13)15/h6,8,14H,2-5H2,1H3. The highest BCUT2D eigenvalue weighted by Crippen LogP contribution is 2.25. The molecule has 0 saturated carbocycles. The van der Waals surface area contributed by atoms with Crippen LogP contribution in [0, 0.1) is 0 Å². The van der Waals surface area contributed by atoms with Crippen LogP contribution in [0.15, 0.2) is 5.38 Å². The fourth-order valence-corrected chi connectivity index (χ4v) is 2.59. The Morgan fingerprint density at radius 3 is 3.11 bits per heavy atom. The van der Waals surface area contributed by atoms with Crippen LogP contribution in [-0.4, -0.2) is 41.2 Å². The maximum Gasteiger partial charge on any atom is 0.311 e. The monoisotopic (exact) mass is 270 g/mol. The van der Waals surface area contributed by atoms with Gasteiger partial charge in [0.2, 0.25) is 5.91 Å². The van der Waals surface area contributed by atoms with Gasteiger partial charge in [-0.25, -0.2) is 4.98 Å². The van der Waals surface area contributed by atoms with Gasteiger partial charge in [-0.2, -0.15) is 0 Å². The van der Waals surface area contributed by atoms with Crippen molar-refractivity contribution in [3.05, 3.63) is 11.1 Å². The van der Waals surface area contributed by atoms with E-state index in [2.05, 4.69) is 4.98 Å². The number of carbonyl (C=O) groups excluding carboxylic acids is 2. The summed E-state index contributed by atoms with van der Waals surface area (Å²) >= 11 is 1.29. The fourth-order valence-electron chi connectivity index (χ4n) is 1.73. The largest absolute Gasteiger partial charge is 0.466 e. The minimum atomic E-state index is -0.630. The van der Waals surface area contributed by atoms with Crippen molar-refractivity contribution in [3.63, 3.8) is 0 Å². The molecule has 0 aromatic carbocycles. The number of aromatic nitrogens is 1. The van der Waals surface area contributed by atoms with Gasteiger partial charge >= 0.3 is 5.97 Å². The van der Waals surface area contributed by atoms with E-state index in [9.17, 15) is 14.7 Å². The van der Waals surface area contributed by atoms with E-state index in [0.717, 1.165) is 0 Å². The first-order valence-corrected chi connectivity index (χ1v) is 6.56. The molecule has 1 atom stereocenters. The Morgan fingerprint density at radius 2 is 2.50 bits per heavy atom. The average molecular weight is 270 g/mol. The number of hydrogen-bond acceptors (Lipinski definition) is 6. The molecule has 1 saturated heterocycles. The molecular weight excluding hydrogens is 256 g/mol. The summed E-state index contributed by atoms with van der Waals surface area (Å²) in [5, 5.41) is 11.6. The number of β-amino-alcohol motifs (C(OH)–C–C–N with tert-alkyl or cyclic N) is 1. The number of carbonyl (C=O) groups is 2. The summed E-state index contributed by atoms with van der Waals surface area (Å²) < 4.78 is 4.82. The van der Waals surface area contributed by atoms with Gasteiger partial charge in [0.1, 0.15) is 0 Å². The summed E-state index contributed by atoms with van der Waals surface area (Å²) in [5.74, 6) is -0.471. The molecule has 98 valence electrons. The molecule has 2 rings (SSSR count). The maximum absolute atomic E-state index is 11.6. The zero-order valence-corrected chi connectivity index (χ0v) is 10.8. The Bertz CT molecular complexity index is 460. The van der Waals surface area contributed by atoms with Crippen molar-refractivity contribution in [2.24, 2.45) is 0 Å². The Kier molecular flexibility index (Phi) is 3.93. The van der Waals surface area contributed by atoms with E-state index in [4.69, 9.17) is 4.74 Å². The fraction of sp³-hybridized carbons (Fsp3) is 0.545. The number of ether oxygens (including phenoxy) is 1. The van der Waals surface area contributed by atoms with Gasteiger partial charge in [0.05, 0.1) is 37.8 Å². The van der Waals surface area contributed by atoms with Crippen molar-refractivity contribution < 1.29 is 19.4 Å². The minimum Gasteiger partial charge on any atom is -0.466 e. The topological polar surface area (TPSA) is 79.7 Å². The SMILES string of the molecule is CCOC(=O)Cc1csc(N2CC(O)CC2=O)n1. The molecule has 1 N–H and O–H groups in total. The van der Waals surface area contributed by atoms with Gasteiger partial charge < -0.3 is 9.84 Å². The molecule has 1 aliphatic heterocycles. The summed E-state index contributed by atoms with van der Waals surface area (Å²) in [6, 6.07) is 0. The lowest BCUT2D eigenvalue weighted by atomic mass is 10.3. The summed E-state index contributed by atoms with van der Waals surface area (Å²) in [5.41, 5.74) is 0.586. The molecule has 7 heteroatoms. The number of aliphatic hydroxyl groups excluding tert-OH is 1. The van der Waals surface area contributed by atoms with E-state index >= 15 is 0 Å². The molecule has 0 bridgehead atoms. The molecule has 1 amide bonds. The number of anilines is 1. The highest BCUT2D eigenvalue weighted by molar-refractivity contribution is 7.14. The van der Waals surface area contributed by atoms with Crippen molar-refractivity contribution in [1.29, 1.82) is 0 Å². The molecule has 1 fully saturated rings. The van der Waals surface area contributed by atoms with Crippen LogP contribution in [0.2, 0.25) is 0 Å². The van der Waals surface area contributed by atoms with Gasteiger partial charge in [-0.3, -0.25) is 14.5 Å². The summed E-state index contributed by atoms with van der Waals surface area (Å²) in [6.45, 7) is 2.35. The van der Waals surface area contributed by atoms with Crippen molar-refractivity contribution in [3.8, 4) is 0 Å². The zero-order chi connectivity index (χ0) is 13.1. The lowest BCUT2D eigenvalue weighted by molar-refractivity contribution is -0.142. The Morgan fingerprint density at radius 1 is 1.72 bits per heavy atom. The van der Waals surface area contributed by atoms with Crippen LogP contribution < -0.4 is 4.90 Å². The van der Waals surface area contributed by atoms with Crippen molar-refractivity contribution >= 4 is 28.3 Å². The number of aliphatic hydroxyl groups is 1. The highest BCUT2D eigenvalue weighted by Gasteiger charge is 2.30. The minimum absolute atomic E-state index is 0.106. The van der Waals surface area contributed by atoms with E-state index < -0.39 is 6.10 Å². The van der Waals surface area contributed by atoms with Crippen LogP contribution in [0.5, 0.6) is 0 Å². The van der Waals surface area contributed by atoms with Gasteiger partial charge in [0.25, 0.3) is 0 Å². The Balaban J connectivity index is 2.02. The van der Waals surface area contributed by atoms with Gasteiger partial charge in [-0.15, -0.1) is 11.3 Å². The summed E-state index contributed by atoms with van der Waals surface area (Å²) in [6.07, 6.45) is -0.392. The number of amides is 1. The van der Waals surface area contributed by atoms with Crippen LogP contribution in [0.3, 0.4) is 0 Å². The van der Waals surface area contributed by atoms with Gasteiger partial charge in [-0.1, -0.05) is 0 Å². The first-order valence-electron chi connectivity index (χ1n) is 5.68. The lowest BCUT2D eigenvalue weighted by Gasteiger charge is -2.10. The number of rotatable bonds is 4. The number of nitrogens with zero attached hydrogens (tertiary/aromatic N) is 2. The molecule has 1 aromatic heterocycles. The molecule has 2 heterocycles. The van der Waals surface area contributed by atoms with Crippen LogP contribution in [0.1, 0.15) is 19.0 Å². The highest BCUT2D eigenvalue weighted by atomic mass is 32.1. The van der Waals surface area contributed by atoms with E-state index in [1.165, 1.54) is 16.2 Å². The molecule has 1 aliphatic rings. The maximum atomic E-state index is 11.6. The molecule has 1 aromatic rings. The lowest BCUT2D eigenvalue weighted by Crippen LogP contribution is -2.25. The third-order valence-electron chi connectivity index (χ3n) is 2.51. The Hall–Kier alpha value is -1.47. The van der Waals surface area contributed by atoms with Crippen LogP contribution in [0.4, 0.5) is 5.13 Å². The molecule has 1 unspecified atom stereocenters. The zero-order valence-electron chi connectivity index (χ0n) is 9.96. The van der Waals surface area contributed by atoms with Crippen molar-refractivity contribution in [2.75, 3.05) is 18.1 Å².